The van der Waals surface area contributed by atoms with Crippen molar-refractivity contribution >= 4 is 16.9 Å². The van der Waals surface area contributed by atoms with E-state index in [1.54, 1.807) is 0 Å². The lowest BCUT2D eigenvalue weighted by molar-refractivity contribution is -0.157. The van der Waals surface area contributed by atoms with Crippen molar-refractivity contribution in [3.63, 3.8) is 0 Å². The zero-order chi connectivity index (χ0) is 17.4. The molecule has 4 nitrogen and oxygen atoms in total. The van der Waals surface area contributed by atoms with Crippen LogP contribution in [0.3, 0.4) is 0 Å². The van der Waals surface area contributed by atoms with E-state index < -0.39 is 0 Å². The van der Waals surface area contributed by atoms with Crippen LogP contribution in [-0.4, -0.2) is 34.5 Å². The van der Waals surface area contributed by atoms with Crippen LogP contribution in [-0.2, 0) is 16.1 Å². The van der Waals surface area contributed by atoms with Crippen molar-refractivity contribution in [3.8, 4) is 0 Å². The summed E-state index contributed by atoms with van der Waals surface area (Å²) in [6.07, 6.45) is 4.06. The Balaban J connectivity index is 1.59. The molecule has 3 atom stereocenters. The van der Waals surface area contributed by atoms with E-state index >= 15 is 0 Å². The third-order valence-corrected chi connectivity index (χ3v) is 6.19. The first-order chi connectivity index (χ1) is 12.2. The first kappa shape index (κ1) is 16.5. The largest absolute Gasteiger partial charge is 0.466 e. The molecule has 2 aliphatic rings. The van der Waals surface area contributed by atoms with Crippen molar-refractivity contribution in [3.05, 3.63) is 42.1 Å². The summed E-state index contributed by atoms with van der Waals surface area (Å²) < 4.78 is 5.45. The Morgan fingerprint density at radius 3 is 2.88 bits per heavy atom. The first-order valence-electron chi connectivity index (χ1n) is 9.45. The van der Waals surface area contributed by atoms with Crippen LogP contribution in [0.15, 0.2) is 36.4 Å². The van der Waals surface area contributed by atoms with Crippen LogP contribution >= 0.6 is 0 Å². The van der Waals surface area contributed by atoms with Gasteiger partial charge >= 0.3 is 5.97 Å². The van der Waals surface area contributed by atoms with Gasteiger partial charge in [-0.1, -0.05) is 31.2 Å². The van der Waals surface area contributed by atoms with Crippen LogP contribution < -0.4 is 0 Å². The Kier molecular flexibility index (Phi) is 4.24. The Morgan fingerprint density at radius 2 is 2.08 bits per heavy atom. The van der Waals surface area contributed by atoms with Crippen LogP contribution in [0.25, 0.3) is 10.9 Å². The standard InChI is InChI=1S/C21H26N2O2/c1-3-21(20(24)25-4-2)13-17-11-12-19(21)23(17)14-16-10-9-15-7-5-6-8-18(15)22-16/h5-10,17,19H,3-4,11-14H2,1-2H3/t17-,19+,21+/m0/s1. The number of aromatic nitrogens is 1. The zero-order valence-corrected chi connectivity index (χ0v) is 15.1. The number of fused-ring (bicyclic) bond motifs is 3. The summed E-state index contributed by atoms with van der Waals surface area (Å²) in [6.45, 7) is 5.31. The molecule has 2 aliphatic heterocycles. The molecule has 0 radical (unpaired) electrons. The minimum atomic E-state index is -0.324. The Bertz CT molecular complexity index is 790. The number of rotatable bonds is 5. The number of hydrogen-bond donors (Lipinski definition) is 0. The van der Waals surface area contributed by atoms with Gasteiger partial charge < -0.3 is 4.74 Å². The van der Waals surface area contributed by atoms with Gasteiger partial charge in [0.15, 0.2) is 0 Å². The number of carbonyl (C=O) groups is 1. The molecular formula is C21H26N2O2. The fourth-order valence-corrected chi connectivity index (χ4v) is 4.95. The van der Waals surface area contributed by atoms with Gasteiger partial charge in [0.25, 0.3) is 0 Å². The minimum Gasteiger partial charge on any atom is -0.466 e. The fraction of sp³-hybridized carbons (Fsp3) is 0.524. The van der Waals surface area contributed by atoms with Gasteiger partial charge in [-0.05, 0) is 44.7 Å². The smallest absolute Gasteiger partial charge is 0.313 e. The summed E-state index contributed by atoms with van der Waals surface area (Å²) in [5.74, 6) is 0.00108. The van der Waals surface area contributed by atoms with E-state index in [0.717, 1.165) is 37.0 Å². The lowest BCUT2D eigenvalue weighted by Gasteiger charge is -2.34. The van der Waals surface area contributed by atoms with Crippen LogP contribution in [0, 0.1) is 5.41 Å². The van der Waals surface area contributed by atoms with E-state index in [4.69, 9.17) is 9.72 Å². The van der Waals surface area contributed by atoms with Gasteiger partial charge in [0.1, 0.15) is 0 Å². The minimum absolute atomic E-state index is 0.00108. The van der Waals surface area contributed by atoms with E-state index in [1.165, 1.54) is 11.8 Å². The van der Waals surface area contributed by atoms with Crippen molar-refractivity contribution in [2.75, 3.05) is 6.61 Å². The number of para-hydroxylation sites is 1. The molecule has 0 unspecified atom stereocenters. The Morgan fingerprint density at radius 1 is 1.24 bits per heavy atom. The molecule has 2 saturated heterocycles. The second-order valence-electron chi connectivity index (χ2n) is 7.35. The lowest BCUT2D eigenvalue weighted by Crippen LogP contribution is -2.44. The van der Waals surface area contributed by atoms with Crippen molar-refractivity contribution in [1.29, 1.82) is 0 Å². The molecule has 2 aromatic rings. The molecule has 1 aromatic heterocycles. The topological polar surface area (TPSA) is 42.4 Å². The van der Waals surface area contributed by atoms with Gasteiger partial charge in [0.05, 0.1) is 23.2 Å². The summed E-state index contributed by atoms with van der Waals surface area (Å²) in [5.41, 5.74) is 1.81. The average molecular weight is 338 g/mol. The van der Waals surface area contributed by atoms with E-state index in [0.29, 0.717) is 12.6 Å². The third kappa shape index (κ3) is 2.63. The molecule has 2 bridgehead atoms. The number of carbonyl (C=O) groups excluding carboxylic acids is 1. The SMILES string of the molecule is CCOC(=O)[C@]1(CC)C[C@@H]2CC[C@H]1N2Cc1ccc2ccccc2n1. The van der Waals surface area contributed by atoms with Gasteiger partial charge in [-0.2, -0.15) is 0 Å². The molecule has 0 N–H and O–H groups in total. The van der Waals surface area contributed by atoms with Crippen molar-refractivity contribution in [2.24, 2.45) is 5.41 Å². The predicted molar refractivity (Wildman–Crippen MR) is 98.1 cm³/mol. The summed E-state index contributed by atoms with van der Waals surface area (Å²) in [5, 5.41) is 1.17. The number of nitrogens with zero attached hydrogens (tertiary/aromatic N) is 2. The molecule has 0 aliphatic carbocycles. The van der Waals surface area contributed by atoms with Gasteiger partial charge in [0, 0.05) is 24.0 Å². The average Bonchev–Trinajstić information content (AvgIpc) is 3.17. The van der Waals surface area contributed by atoms with Gasteiger partial charge in [-0.3, -0.25) is 14.7 Å². The van der Waals surface area contributed by atoms with Gasteiger partial charge in [0.2, 0.25) is 0 Å². The molecule has 0 spiro atoms. The highest BCUT2D eigenvalue weighted by atomic mass is 16.5. The van der Waals surface area contributed by atoms with Crippen molar-refractivity contribution < 1.29 is 9.53 Å². The number of hydrogen-bond acceptors (Lipinski definition) is 4. The molecule has 0 saturated carbocycles. The van der Waals surface area contributed by atoms with E-state index in [-0.39, 0.29) is 17.4 Å². The molecular weight excluding hydrogens is 312 g/mol. The van der Waals surface area contributed by atoms with E-state index in [9.17, 15) is 4.79 Å². The quantitative estimate of drug-likeness (QED) is 0.775. The van der Waals surface area contributed by atoms with Crippen LogP contribution in [0.1, 0.15) is 45.2 Å². The normalized spacial score (nSPS) is 28.6. The van der Waals surface area contributed by atoms with Crippen LogP contribution in [0.5, 0.6) is 0 Å². The molecule has 0 amide bonds. The fourth-order valence-electron chi connectivity index (χ4n) is 4.95. The highest BCUT2D eigenvalue weighted by Gasteiger charge is 2.59. The predicted octanol–water partition coefficient (Wildman–Crippen LogP) is 3.93. The Hall–Kier alpha value is -1.94. The molecule has 2 fully saturated rings. The summed E-state index contributed by atoms with van der Waals surface area (Å²) >= 11 is 0. The second kappa shape index (κ2) is 6.41. The zero-order valence-electron chi connectivity index (χ0n) is 15.1. The third-order valence-electron chi connectivity index (χ3n) is 6.19. The molecule has 4 rings (SSSR count). The number of ether oxygens (including phenoxy) is 1. The Labute approximate surface area is 149 Å². The monoisotopic (exact) mass is 338 g/mol. The maximum Gasteiger partial charge on any atom is 0.313 e. The highest BCUT2D eigenvalue weighted by molar-refractivity contribution is 5.79. The van der Waals surface area contributed by atoms with Gasteiger partial charge in [-0.15, -0.1) is 0 Å². The number of benzene rings is 1. The van der Waals surface area contributed by atoms with Gasteiger partial charge in [-0.25, -0.2) is 0 Å². The van der Waals surface area contributed by atoms with Crippen LogP contribution in [0.4, 0.5) is 0 Å². The maximum absolute atomic E-state index is 12.7. The van der Waals surface area contributed by atoms with E-state index in [2.05, 4.69) is 36.1 Å². The first-order valence-corrected chi connectivity index (χ1v) is 9.45. The molecule has 25 heavy (non-hydrogen) atoms. The lowest BCUT2D eigenvalue weighted by atomic mass is 9.72. The summed E-state index contributed by atoms with van der Waals surface area (Å²) in [6, 6.07) is 13.3. The summed E-state index contributed by atoms with van der Waals surface area (Å²) in [4.78, 5) is 20.0. The molecule has 132 valence electrons. The maximum atomic E-state index is 12.7. The van der Waals surface area contributed by atoms with Crippen molar-refractivity contribution in [1.82, 2.24) is 9.88 Å². The molecule has 3 heterocycles. The van der Waals surface area contributed by atoms with Crippen LogP contribution in [0.2, 0.25) is 0 Å². The van der Waals surface area contributed by atoms with Crippen molar-refractivity contribution in [2.45, 2.75) is 58.2 Å². The summed E-state index contributed by atoms with van der Waals surface area (Å²) in [7, 11) is 0. The second-order valence-corrected chi connectivity index (χ2v) is 7.35. The number of esters is 1. The molecule has 1 aromatic carbocycles. The van der Waals surface area contributed by atoms with E-state index in [1.807, 2.05) is 19.1 Å². The molecule has 4 heteroatoms. The number of pyridine rings is 1. The highest BCUT2D eigenvalue weighted by Crippen LogP contribution is 2.52.